The lowest BCUT2D eigenvalue weighted by Crippen LogP contribution is -2.46. The van der Waals surface area contributed by atoms with Crippen LogP contribution in [0.3, 0.4) is 0 Å². The lowest BCUT2D eigenvalue weighted by atomic mass is 9.91. The summed E-state index contributed by atoms with van der Waals surface area (Å²) in [5, 5.41) is 0. The fourth-order valence-electron chi connectivity index (χ4n) is 2.73. The Morgan fingerprint density at radius 1 is 1.11 bits per heavy atom. The largest absolute Gasteiger partial charge is 0.338 e. The van der Waals surface area contributed by atoms with Crippen LogP contribution in [0.1, 0.15) is 77.6 Å². The number of carbonyl (C=O) groups excluding carboxylic acids is 1. The highest BCUT2D eigenvalue weighted by Gasteiger charge is 2.27. The van der Waals surface area contributed by atoms with Gasteiger partial charge in [-0.3, -0.25) is 4.79 Å². The zero-order valence-electron chi connectivity index (χ0n) is 12.7. The van der Waals surface area contributed by atoms with Gasteiger partial charge in [-0.1, -0.05) is 45.4 Å². The standard InChI is InChI=1S/C16H32N2O/c1-2-3-4-5-6-7-8-12-16(19)18(14-13-17)15-10-9-11-15/h15H,2-14,17H2,1H3. The number of carbonyl (C=O) groups is 1. The first kappa shape index (κ1) is 16.5. The summed E-state index contributed by atoms with van der Waals surface area (Å²) in [6.45, 7) is 3.59. The van der Waals surface area contributed by atoms with E-state index in [2.05, 4.69) is 6.92 Å². The van der Waals surface area contributed by atoms with E-state index in [1.807, 2.05) is 4.90 Å². The fourth-order valence-corrected chi connectivity index (χ4v) is 2.73. The summed E-state index contributed by atoms with van der Waals surface area (Å²) in [6.07, 6.45) is 13.2. The van der Waals surface area contributed by atoms with Crippen molar-refractivity contribution in [3.8, 4) is 0 Å². The summed E-state index contributed by atoms with van der Waals surface area (Å²) in [5.74, 6) is 0.337. The Morgan fingerprint density at radius 3 is 2.26 bits per heavy atom. The molecule has 0 unspecified atom stereocenters. The third-order valence-electron chi connectivity index (χ3n) is 4.20. The third kappa shape index (κ3) is 6.42. The van der Waals surface area contributed by atoms with Crippen LogP contribution < -0.4 is 5.73 Å². The number of amides is 1. The van der Waals surface area contributed by atoms with Gasteiger partial charge in [-0.25, -0.2) is 0 Å². The average molecular weight is 268 g/mol. The Kier molecular flexibility index (Phi) is 8.89. The first-order valence-corrected chi connectivity index (χ1v) is 8.29. The van der Waals surface area contributed by atoms with Gasteiger partial charge >= 0.3 is 0 Å². The monoisotopic (exact) mass is 268 g/mol. The van der Waals surface area contributed by atoms with Crippen molar-refractivity contribution in [3.63, 3.8) is 0 Å². The molecule has 0 aromatic carbocycles. The van der Waals surface area contributed by atoms with E-state index < -0.39 is 0 Å². The first-order chi connectivity index (χ1) is 9.29. The Bertz CT molecular complexity index is 239. The number of nitrogens with zero attached hydrogens (tertiary/aromatic N) is 1. The number of hydrogen-bond donors (Lipinski definition) is 1. The molecule has 0 heterocycles. The van der Waals surface area contributed by atoms with E-state index in [-0.39, 0.29) is 0 Å². The van der Waals surface area contributed by atoms with E-state index in [4.69, 9.17) is 5.73 Å². The molecule has 0 radical (unpaired) electrons. The topological polar surface area (TPSA) is 46.3 Å². The van der Waals surface area contributed by atoms with Crippen LogP contribution in [0.2, 0.25) is 0 Å². The quantitative estimate of drug-likeness (QED) is 0.583. The van der Waals surface area contributed by atoms with Crippen molar-refractivity contribution in [2.45, 2.75) is 83.6 Å². The van der Waals surface area contributed by atoms with Gasteiger partial charge in [-0.05, 0) is 25.7 Å². The molecule has 112 valence electrons. The Labute approximate surface area is 118 Å². The van der Waals surface area contributed by atoms with E-state index >= 15 is 0 Å². The summed E-state index contributed by atoms with van der Waals surface area (Å²) in [7, 11) is 0. The highest BCUT2D eigenvalue weighted by atomic mass is 16.2. The van der Waals surface area contributed by atoms with Gasteiger partial charge in [0.2, 0.25) is 5.91 Å². The van der Waals surface area contributed by atoms with Crippen LogP contribution in [0.25, 0.3) is 0 Å². The van der Waals surface area contributed by atoms with Gasteiger partial charge in [-0.15, -0.1) is 0 Å². The summed E-state index contributed by atoms with van der Waals surface area (Å²) in [4.78, 5) is 14.2. The van der Waals surface area contributed by atoms with Crippen LogP contribution in [-0.4, -0.2) is 29.9 Å². The molecule has 19 heavy (non-hydrogen) atoms. The van der Waals surface area contributed by atoms with Crippen molar-refractivity contribution < 1.29 is 4.79 Å². The van der Waals surface area contributed by atoms with Gasteiger partial charge in [0, 0.05) is 25.6 Å². The van der Waals surface area contributed by atoms with Gasteiger partial charge in [-0.2, -0.15) is 0 Å². The molecule has 0 aromatic rings. The van der Waals surface area contributed by atoms with Crippen LogP contribution in [0, 0.1) is 0 Å². The summed E-state index contributed by atoms with van der Waals surface area (Å²) in [5.41, 5.74) is 5.61. The number of unbranched alkanes of at least 4 members (excludes halogenated alkanes) is 6. The Balaban J connectivity index is 2.07. The second kappa shape index (κ2) is 10.2. The zero-order valence-corrected chi connectivity index (χ0v) is 12.7. The molecular formula is C16H32N2O. The predicted octanol–water partition coefficient (Wildman–Crippen LogP) is 3.47. The van der Waals surface area contributed by atoms with E-state index in [9.17, 15) is 4.79 Å². The van der Waals surface area contributed by atoms with Crippen molar-refractivity contribution in [1.29, 1.82) is 0 Å². The molecule has 3 heteroatoms. The molecule has 3 nitrogen and oxygen atoms in total. The molecule has 1 fully saturated rings. The second-order valence-corrected chi connectivity index (χ2v) is 5.83. The number of rotatable bonds is 11. The van der Waals surface area contributed by atoms with E-state index in [1.54, 1.807) is 0 Å². The minimum atomic E-state index is 0.337. The molecule has 0 bridgehead atoms. The van der Waals surface area contributed by atoms with Crippen molar-refractivity contribution in [1.82, 2.24) is 4.90 Å². The summed E-state index contributed by atoms with van der Waals surface area (Å²) >= 11 is 0. The zero-order chi connectivity index (χ0) is 13.9. The van der Waals surface area contributed by atoms with Crippen LogP contribution in [0.4, 0.5) is 0 Å². The van der Waals surface area contributed by atoms with E-state index in [1.165, 1.54) is 57.8 Å². The lowest BCUT2D eigenvalue weighted by Gasteiger charge is -2.37. The minimum Gasteiger partial charge on any atom is -0.338 e. The third-order valence-corrected chi connectivity index (χ3v) is 4.20. The SMILES string of the molecule is CCCCCCCCCC(=O)N(CCN)C1CCC1. The molecule has 0 atom stereocenters. The molecule has 0 saturated heterocycles. The van der Waals surface area contributed by atoms with Crippen LogP contribution in [0.5, 0.6) is 0 Å². The number of nitrogens with two attached hydrogens (primary N) is 1. The predicted molar refractivity (Wildman–Crippen MR) is 81.0 cm³/mol. The van der Waals surface area contributed by atoms with Gasteiger partial charge in [0.25, 0.3) is 0 Å². The molecular weight excluding hydrogens is 236 g/mol. The van der Waals surface area contributed by atoms with Gasteiger partial charge in [0.15, 0.2) is 0 Å². The van der Waals surface area contributed by atoms with Gasteiger partial charge in [0.1, 0.15) is 0 Å². The van der Waals surface area contributed by atoms with Gasteiger partial charge in [0.05, 0.1) is 0 Å². The summed E-state index contributed by atoms with van der Waals surface area (Å²) in [6, 6.07) is 0.501. The lowest BCUT2D eigenvalue weighted by molar-refractivity contribution is -0.135. The highest BCUT2D eigenvalue weighted by Crippen LogP contribution is 2.25. The second-order valence-electron chi connectivity index (χ2n) is 5.83. The highest BCUT2D eigenvalue weighted by molar-refractivity contribution is 5.76. The maximum Gasteiger partial charge on any atom is 0.222 e. The molecule has 0 spiro atoms. The maximum absolute atomic E-state index is 12.2. The molecule has 0 aromatic heterocycles. The smallest absolute Gasteiger partial charge is 0.222 e. The average Bonchev–Trinajstić information content (AvgIpc) is 2.35. The van der Waals surface area contributed by atoms with Crippen molar-refractivity contribution in [2.75, 3.05) is 13.1 Å². The van der Waals surface area contributed by atoms with Crippen LogP contribution >= 0.6 is 0 Å². The molecule has 1 rings (SSSR count). The van der Waals surface area contributed by atoms with Crippen molar-refractivity contribution in [2.24, 2.45) is 5.73 Å². The van der Waals surface area contributed by atoms with E-state index in [0.29, 0.717) is 18.5 Å². The molecule has 0 aliphatic heterocycles. The molecule has 1 saturated carbocycles. The van der Waals surface area contributed by atoms with Crippen molar-refractivity contribution >= 4 is 5.91 Å². The van der Waals surface area contributed by atoms with Crippen molar-refractivity contribution in [3.05, 3.63) is 0 Å². The number of hydrogen-bond acceptors (Lipinski definition) is 2. The Hall–Kier alpha value is -0.570. The molecule has 1 amide bonds. The van der Waals surface area contributed by atoms with Gasteiger partial charge < -0.3 is 10.6 Å². The summed E-state index contributed by atoms with van der Waals surface area (Å²) < 4.78 is 0. The fraction of sp³-hybridized carbons (Fsp3) is 0.938. The normalized spacial score (nSPS) is 15.3. The maximum atomic E-state index is 12.2. The molecule has 2 N–H and O–H groups in total. The first-order valence-electron chi connectivity index (χ1n) is 8.29. The van der Waals surface area contributed by atoms with Crippen LogP contribution in [0.15, 0.2) is 0 Å². The molecule has 1 aliphatic rings. The van der Waals surface area contributed by atoms with E-state index in [0.717, 1.165) is 19.4 Å². The Morgan fingerprint density at radius 2 is 1.74 bits per heavy atom. The molecule has 1 aliphatic carbocycles. The minimum absolute atomic E-state index is 0.337. The van der Waals surface area contributed by atoms with Crippen LogP contribution in [-0.2, 0) is 4.79 Å².